The summed E-state index contributed by atoms with van der Waals surface area (Å²) in [5.74, 6) is -0.926. The zero-order valence-electron chi connectivity index (χ0n) is 10.5. The van der Waals surface area contributed by atoms with Gasteiger partial charge >= 0.3 is 11.7 Å². The third kappa shape index (κ3) is 1.99. The third-order valence-electron chi connectivity index (χ3n) is 3.16. The van der Waals surface area contributed by atoms with Crippen molar-refractivity contribution in [3.8, 4) is 5.69 Å². The Hall–Kier alpha value is -2.82. The van der Waals surface area contributed by atoms with Crippen LogP contribution in [0.5, 0.6) is 0 Å². The molecule has 1 aromatic heterocycles. The fourth-order valence-corrected chi connectivity index (χ4v) is 2.34. The zero-order valence-corrected chi connectivity index (χ0v) is 10.5. The van der Waals surface area contributed by atoms with Crippen LogP contribution in [0.25, 0.3) is 16.7 Å². The number of hydrogen-bond acceptors (Lipinski definition) is 2. The van der Waals surface area contributed by atoms with Gasteiger partial charge in [-0.2, -0.15) is 0 Å². The van der Waals surface area contributed by atoms with Gasteiger partial charge in [0.2, 0.25) is 0 Å². The predicted octanol–water partition coefficient (Wildman–Crippen LogP) is 1.95. The molecular weight excluding hydrogens is 256 g/mol. The van der Waals surface area contributed by atoms with Crippen LogP contribution in [0.4, 0.5) is 0 Å². The molecule has 0 unspecified atom stereocenters. The second kappa shape index (κ2) is 4.70. The van der Waals surface area contributed by atoms with E-state index in [-0.39, 0.29) is 12.1 Å². The van der Waals surface area contributed by atoms with Gasteiger partial charge in [0.05, 0.1) is 23.1 Å². The van der Waals surface area contributed by atoms with Crippen molar-refractivity contribution in [2.24, 2.45) is 0 Å². The molecule has 100 valence electrons. The Balaban J connectivity index is 2.29. The smallest absolute Gasteiger partial charge is 0.331 e. The lowest BCUT2D eigenvalue weighted by Crippen LogP contribution is -2.17. The first-order valence-electron chi connectivity index (χ1n) is 6.16. The number of para-hydroxylation sites is 3. The van der Waals surface area contributed by atoms with Gasteiger partial charge < -0.3 is 10.1 Å². The van der Waals surface area contributed by atoms with Crippen molar-refractivity contribution in [3.63, 3.8) is 0 Å². The highest BCUT2D eigenvalue weighted by molar-refractivity contribution is 5.78. The van der Waals surface area contributed by atoms with Crippen LogP contribution in [-0.2, 0) is 11.2 Å². The summed E-state index contributed by atoms with van der Waals surface area (Å²) >= 11 is 0. The number of benzene rings is 2. The van der Waals surface area contributed by atoms with E-state index < -0.39 is 5.97 Å². The molecule has 0 aliphatic rings. The summed E-state index contributed by atoms with van der Waals surface area (Å²) in [6, 6.07) is 14.3. The number of carbonyl (C=O) groups is 1. The molecule has 0 amide bonds. The van der Waals surface area contributed by atoms with Crippen molar-refractivity contribution in [2.75, 3.05) is 0 Å². The second-order valence-corrected chi connectivity index (χ2v) is 4.48. The maximum Gasteiger partial charge on any atom is 0.331 e. The molecule has 0 radical (unpaired) electrons. The van der Waals surface area contributed by atoms with E-state index in [2.05, 4.69) is 4.98 Å². The molecule has 20 heavy (non-hydrogen) atoms. The number of H-pyrrole nitrogens is 1. The summed E-state index contributed by atoms with van der Waals surface area (Å²) in [5, 5.41) is 8.98. The first-order valence-corrected chi connectivity index (χ1v) is 6.16. The number of fused-ring (bicyclic) bond motifs is 1. The Morgan fingerprint density at radius 2 is 1.80 bits per heavy atom. The first kappa shape index (κ1) is 12.2. The fourth-order valence-electron chi connectivity index (χ4n) is 2.34. The summed E-state index contributed by atoms with van der Waals surface area (Å²) in [7, 11) is 0. The largest absolute Gasteiger partial charge is 0.481 e. The van der Waals surface area contributed by atoms with Crippen molar-refractivity contribution in [1.29, 1.82) is 0 Å². The summed E-state index contributed by atoms with van der Waals surface area (Å²) in [6.45, 7) is 0. The van der Waals surface area contributed by atoms with Gasteiger partial charge in [-0.1, -0.05) is 30.3 Å². The Morgan fingerprint density at radius 3 is 2.60 bits per heavy atom. The number of nitrogens with zero attached hydrogens (tertiary/aromatic N) is 1. The van der Waals surface area contributed by atoms with Crippen LogP contribution >= 0.6 is 0 Å². The van der Waals surface area contributed by atoms with Gasteiger partial charge in [0.25, 0.3) is 0 Å². The molecule has 0 aliphatic heterocycles. The highest BCUT2D eigenvalue weighted by atomic mass is 16.4. The van der Waals surface area contributed by atoms with Gasteiger partial charge in [-0.25, -0.2) is 4.79 Å². The molecule has 1 heterocycles. The number of imidazole rings is 1. The standard InChI is InChI=1S/C15H12N2O3/c18-14(19)9-10-5-1-3-7-12(10)17-13-8-4-2-6-11(13)16-15(17)20/h1-8H,9H2,(H,16,20)(H,18,19). The van der Waals surface area contributed by atoms with E-state index in [1.165, 1.54) is 4.57 Å². The molecule has 2 N–H and O–H groups in total. The normalized spacial score (nSPS) is 10.8. The molecule has 3 aromatic rings. The maximum absolute atomic E-state index is 12.1. The lowest BCUT2D eigenvalue weighted by atomic mass is 10.1. The zero-order chi connectivity index (χ0) is 14.1. The van der Waals surface area contributed by atoms with Crippen LogP contribution in [0.3, 0.4) is 0 Å². The Morgan fingerprint density at radius 1 is 1.10 bits per heavy atom. The number of aromatic nitrogens is 2. The quantitative estimate of drug-likeness (QED) is 0.762. The van der Waals surface area contributed by atoms with Crippen LogP contribution < -0.4 is 5.69 Å². The second-order valence-electron chi connectivity index (χ2n) is 4.48. The van der Waals surface area contributed by atoms with E-state index in [0.717, 1.165) is 11.0 Å². The summed E-state index contributed by atoms with van der Waals surface area (Å²) in [4.78, 5) is 25.8. The molecule has 0 atom stereocenters. The number of rotatable bonds is 3. The SMILES string of the molecule is O=C(O)Cc1ccccc1-n1c(=O)[nH]c2ccccc21. The average Bonchev–Trinajstić information content (AvgIpc) is 2.75. The molecule has 0 spiro atoms. The monoisotopic (exact) mass is 268 g/mol. The summed E-state index contributed by atoms with van der Waals surface area (Å²) in [5.41, 5.74) is 2.38. The summed E-state index contributed by atoms with van der Waals surface area (Å²) in [6.07, 6.45) is -0.123. The van der Waals surface area contributed by atoms with E-state index in [1.54, 1.807) is 24.3 Å². The van der Waals surface area contributed by atoms with Crippen LogP contribution in [-0.4, -0.2) is 20.6 Å². The van der Waals surface area contributed by atoms with Crippen molar-refractivity contribution >= 4 is 17.0 Å². The molecule has 0 saturated carbocycles. The van der Waals surface area contributed by atoms with Gasteiger partial charge in [-0.15, -0.1) is 0 Å². The van der Waals surface area contributed by atoms with Crippen molar-refractivity contribution in [3.05, 3.63) is 64.6 Å². The number of aromatic amines is 1. The minimum Gasteiger partial charge on any atom is -0.481 e. The molecule has 5 heteroatoms. The number of nitrogens with one attached hydrogen (secondary N) is 1. The fraction of sp³-hybridized carbons (Fsp3) is 0.0667. The minimum atomic E-state index is -0.926. The lowest BCUT2D eigenvalue weighted by Gasteiger charge is -2.08. The highest BCUT2D eigenvalue weighted by Gasteiger charge is 2.13. The van der Waals surface area contributed by atoms with Crippen molar-refractivity contribution in [1.82, 2.24) is 9.55 Å². The van der Waals surface area contributed by atoms with Crippen molar-refractivity contribution < 1.29 is 9.90 Å². The number of carboxylic acid groups (broad SMARTS) is 1. The molecule has 5 nitrogen and oxygen atoms in total. The van der Waals surface area contributed by atoms with Gasteiger partial charge in [0, 0.05) is 0 Å². The third-order valence-corrected chi connectivity index (χ3v) is 3.16. The predicted molar refractivity (Wildman–Crippen MR) is 75.2 cm³/mol. The molecular formula is C15H12N2O3. The number of hydrogen-bond donors (Lipinski definition) is 2. The van der Waals surface area contributed by atoms with E-state index in [9.17, 15) is 9.59 Å². The van der Waals surface area contributed by atoms with Gasteiger partial charge in [0.15, 0.2) is 0 Å². The van der Waals surface area contributed by atoms with E-state index >= 15 is 0 Å². The molecule has 0 saturated heterocycles. The Kier molecular flexibility index (Phi) is 2.87. The minimum absolute atomic E-state index is 0.123. The highest BCUT2D eigenvalue weighted by Crippen LogP contribution is 2.19. The molecule has 0 fully saturated rings. The maximum atomic E-state index is 12.1. The molecule has 3 rings (SSSR count). The Bertz CT molecular complexity index is 845. The molecule has 0 aliphatic carbocycles. The van der Waals surface area contributed by atoms with Crippen molar-refractivity contribution in [2.45, 2.75) is 6.42 Å². The van der Waals surface area contributed by atoms with Gasteiger partial charge in [-0.3, -0.25) is 9.36 Å². The van der Waals surface area contributed by atoms with Crippen LogP contribution in [0.1, 0.15) is 5.56 Å². The van der Waals surface area contributed by atoms with Crippen LogP contribution in [0, 0.1) is 0 Å². The number of carboxylic acids is 1. The summed E-state index contributed by atoms with van der Waals surface area (Å²) < 4.78 is 1.51. The average molecular weight is 268 g/mol. The van der Waals surface area contributed by atoms with E-state index in [0.29, 0.717) is 11.3 Å². The lowest BCUT2D eigenvalue weighted by molar-refractivity contribution is -0.136. The molecule has 0 bridgehead atoms. The van der Waals surface area contributed by atoms with Gasteiger partial charge in [-0.05, 0) is 23.8 Å². The topological polar surface area (TPSA) is 75.1 Å². The van der Waals surface area contributed by atoms with Crippen LogP contribution in [0.2, 0.25) is 0 Å². The van der Waals surface area contributed by atoms with E-state index in [4.69, 9.17) is 5.11 Å². The Labute approximate surface area is 114 Å². The first-order chi connectivity index (χ1) is 9.66. The van der Waals surface area contributed by atoms with E-state index in [1.807, 2.05) is 24.3 Å². The van der Waals surface area contributed by atoms with Crippen LogP contribution in [0.15, 0.2) is 53.3 Å². The number of aliphatic carboxylic acids is 1. The molecule has 2 aromatic carbocycles. The van der Waals surface area contributed by atoms with Gasteiger partial charge in [0.1, 0.15) is 0 Å².